The molecule has 1 atom stereocenters. The molecule has 0 amide bonds. The minimum atomic E-state index is 0.189. The number of hydrogen-bond donors (Lipinski definition) is 0. The zero-order valence-electron chi connectivity index (χ0n) is 9.79. The average Bonchev–Trinajstić information content (AvgIpc) is 2.00. The SMILES string of the molecule is Cc1cc(C)cc(C(C)OC(C)C)c1. The Bertz CT molecular complexity index is 282. The molecule has 1 heteroatoms. The van der Waals surface area contributed by atoms with Crippen LogP contribution in [-0.2, 0) is 4.74 Å². The van der Waals surface area contributed by atoms with Crippen LogP contribution in [0.3, 0.4) is 0 Å². The lowest BCUT2D eigenvalue weighted by Gasteiger charge is -2.17. The highest BCUT2D eigenvalue weighted by atomic mass is 16.5. The molecule has 1 nitrogen and oxygen atoms in total. The van der Waals surface area contributed by atoms with Crippen LogP contribution in [0.25, 0.3) is 0 Å². The van der Waals surface area contributed by atoms with Crippen molar-refractivity contribution in [2.75, 3.05) is 0 Å². The van der Waals surface area contributed by atoms with E-state index in [0.29, 0.717) is 0 Å². The van der Waals surface area contributed by atoms with Gasteiger partial charge in [0.2, 0.25) is 0 Å². The van der Waals surface area contributed by atoms with Crippen molar-refractivity contribution < 1.29 is 4.74 Å². The second-order valence-electron chi connectivity index (χ2n) is 4.25. The lowest BCUT2D eigenvalue weighted by Crippen LogP contribution is -2.07. The largest absolute Gasteiger partial charge is 0.371 e. The third-order valence-electron chi connectivity index (χ3n) is 2.19. The Morgan fingerprint density at radius 1 is 0.929 bits per heavy atom. The van der Waals surface area contributed by atoms with Crippen molar-refractivity contribution in [1.82, 2.24) is 0 Å². The van der Waals surface area contributed by atoms with Crippen LogP contribution in [0.2, 0.25) is 0 Å². The molecule has 0 N–H and O–H groups in total. The van der Waals surface area contributed by atoms with Crippen LogP contribution >= 0.6 is 0 Å². The molecule has 0 aromatic heterocycles. The van der Waals surface area contributed by atoms with Crippen molar-refractivity contribution in [2.45, 2.75) is 46.8 Å². The molecule has 0 aliphatic rings. The van der Waals surface area contributed by atoms with Crippen LogP contribution in [0.5, 0.6) is 0 Å². The number of hydrogen-bond acceptors (Lipinski definition) is 1. The topological polar surface area (TPSA) is 9.23 Å². The predicted molar refractivity (Wildman–Crippen MR) is 60.6 cm³/mol. The van der Waals surface area contributed by atoms with Gasteiger partial charge in [-0.2, -0.15) is 0 Å². The Labute approximate surface area is 87.1 Å². The predicted octanol–water partition coefficient (Wildman–Crippen LogP) is 3.79. The average molecular weight is 192 g/mol. The summed E-state index contributed by atoms with van der Waals surface area (Å²) >= 11 is 0. The second-order valence-corrected chi connectivity index (χ2v) is 4.25. The van der Waals surface area contributed by atoms with Gasteiger partial charge in [0.1, 0.15) is 0 Å². The third kappa shape index (κ3) is 3.15. The van der Waals surface area contributed by atoms with Gasteiger partial charge in [-0.25, -0.2) is 0 Å². The molecule has 0 fully saturated rings. The highest BCUT2D eigenvalue weighted by Crippen LogP contribution is 2.20. The summed E-state index contributed by atoms with van der Waals surface area (Å²) in [4.78, 5) is 0. The van der Waals surface area contributed by atoms with Gasteiger partial charge in [0.05, 0.1) is 12.2 Å². The standard InChI is InChI=1S/C13H20O/c1-9(2)14-12(5)13-7-10(3)6-11(4)8-13/h6-9,12H,1-5H3. The van der Waals surface area contributed by atoms with Crippen LogP contribution in [0.4, 0.5) is 0 Å². The fourth-order valence-corrected chi connectivity index (χ4v) is 1.73. The Morgan fingerprint density at radius 2 is 1.43 bits per heavy atom. The van der Waals surface area contributed by atoms with Gasteiger partial charge >= 0.3 is 0 Å². The Morgan fingerprint density at radius 3 is 1.86 bits per heavy atom. The van der Waals surface area contributed by atoms with Gasteiger partial charge in [0.15, 0.2) is 0 Å². The quantitative estimate of drug-likeness (QED) is 0.708. The highest BCUT2D eigenvalue weighted by molar-refractivity contribution is 5.29. The van der Waals surface area contributed by atoms with Crippen LogP contribution in [-0.4, -0.2) is 6.10 Å². The molecule has 1 rings (SSSR count). The summed E-state index contributed by atoms with van der Waals surface area (Å²) in [5.41, 5.74) is 3.88. The first-order valence-corrected chi connectivity index (χ1v) is 5.22. The van der Waals surface area contributed by atoms with E-state index < -0.39 is 0 Å². The Hall–Kier alpha value is -0.820. The zero-order chi connectivity index (χ0) is 10.7. The first kappa shape index (κ1) is 11.3. The summed E-state index contributed by atoms with van der Waals surface area (Å²) in [5.74, 6) is 0. The van der Waals surface area contributed by atoms with E-state index in [1.165, 1.54) is 16.7 Å². The molecule has 0 aliphatic carbocycles. The summed E-state index contributed by atoms with van der Waals surface area (Å²) in [5, 5.41) is 0. The fourth-order valence-electron chi connectivity index (χ4n) is 1.73. The molecule has 1 unspecified atom stereocenters. The number of ether oxygens (including phenoxy) is 1. The summed E-state index contributed by atoms with van der Waals surface area (Å²) in [6.45, 7) is 10.5. The van der Waals surface area contributed by atoms with Crippen LogP contribution < -0.4 is 0 Å². The van der Waals surface area contributed by atoms with Gasteiger partial charge in [-0.15, -0.1) is 0 Å². The van der Waals surface area contributed by atoms with Gasteiger partial charge in [-0.05, 0) is 40.2 Å². The molecule has 0 heterocycles. The van der Waals surface area contributed by atoms with Gasteiger partial charge in [0, 0.05) is 0 Å². The first-order valence-electron chi connectivity index (χ1n) is 5.22. The fraction of sp³-hybridized carbons (Fsp3) is 0.538. The normalized spacial score (nSPS) is 13.3. The lowest BCUT2D eigenvalue weighted by molar-refractivity contribution is 0.0178. The van der Waals surface area contributed by atoms with E-state index in [0.717, 1.165) is 0 Å². The molecule has 0 saturated heterocycles. The molecule has 0 bridgehead atoms. The van der Waals surface area contributed by atoms with Crippen molar-refractivity contribution in [2.24, 2.45) is 0 Å². The number of aryl methyl sites for hydroxylation is 2. The van der Waals surface area contributed by atoms with Crippen LogP contribution in [0.1, 0.15) is 43.6 Å². The smallest absolute Gasteiger partial charge is 0.0800 e. The van der Waals surface area contributed by atoms with Gasteiger partial charge in [0.25, 0.3) is 0 Å². The van der Waals surface area contributed by atoms with E-state index in [-0.39, 0.29) is 12.2 Å². The number of benzene rings is 1. The molecular weight excluding hydrogens is 172 g/mol. The molecule has 0 spiro atoms. The molecule has 0 saturated carbocycles. The van der Waals surface area contributed by atoms with Crippen molar-refractivity contribution in [3.05, 3.63) is 34.9 Å². The molecule has 1 aromatic rings. The van der Waals surface area contributed by atoms with E-state index in [9.17, 15) is 0 Å². The first-order chi connectivity index (χ1) is 6.49. The van der Waals surface area contributed by atoms with Gasteiger partial charge < -0.3 is 4.74 Å². The summed E-state index contributed by atoms with van der Waals surface area (Å²) in [7, 11) is 0. The summed E-state index contributed by atoms with van der Waals surface area (Å²) in [6.07, 6.45) is 0.472. The highest BCUT2D eigenvalue weighted by Gasteiger charge is 2.08. The lowest BCUT2D eigenvalue weighted by atomic mass is 10.0. The van der Waals surface area contributed by atoms with Crippen molar-refractivity contribution in [3.63, 3.8) is 0 Å². The molecule has 14 heavy (non-hydrogen) atoms. The minimum absolute atomic E-state index is 0.189. The van der Waals surface area contributed by atoms with E-state index in [1.54, 1.807) is 0 Å². The van der Waals surface area contributed by atoms with Crippen LogP contribution in [0.15, 0.2) is 18.2 Å². The third-order valence-corrected chi connectivity index (χ3v) is 2.19. The maximum atomic E-state index is 5.75. The maximum absolute atomic E-state index is 5.75. The molecule has 0 aliphatic heterocycles. The van der Waals surface area contributed by atoms with Gasteiger partial charge in [-0.3, -0.25) is 0 Å². The maximum Gasteiger partial charge on any atom is 0.0800 e. The van der Waals surface area contributed by atoms with Crippen molar-refractivity contribution in [1.29, 1.82) is 0 Å². The van der Waals surface area contributed by atoms with E-state index in [1.807, 2.05) is 0 Å². The minimum Gasteiger partial charge on any atom is -0.371 e. The molecule has 1 aromatic carbocycles. The second kappa shape index (κ2) is 4.61. The summed E-state index contributed by atoms with van der Waals surface area (Å²) in [6, 6.07) is 6.58. The molecular formula is C13H20O. The van der Waals surface area contributed by atoms with Gasteiger partial charge in [-0.1, -0.05) is 29.3 Å². The Balaban J connectivity index is 2.84. The zero-order valence-corrected chi connectivity index (χ0v) is 9.79. The van der Waals surface area contributed by atoms with E-state index in [4.69, 9.17) is 4.74 Å². The molecule has 78 valence electrons. The Kier molecular flexibility index (Phi) is 3.70. The monoisotopic (exact) mass is 192 g/mol. The summed E-state index contributed by atoms with van der Waals surface area (Å²) < 4.78 is 5.75. The van der Waals surface area contributed by atoms with E-state index >= 15 is 0 Å². The van der Waals surface area contributed by atoms with E-state index in [2.05, 4.69) is 52.8 Å². The number of rotatable bonds is 3. The molecule has 0 radical (unpaired) electrons. The van der Waals surface area contributed by atoms with Crippen LogP contribution in [0, 0.1) is 13.8 Å². The van der Waals surface area contributed by atoms with Crippen molar-refractivity contribution >= 4 is 0 Å². The van der Waals surface area contributed by atoms with Crippen molar-refractivity contribution in [3.8, 4) is 0 Å².